The second-order valence-corrected chi connectivity index (χ2v) is 14.4. The summed E-state index contributed by atoms with van der Waals surface area (Å²) in [5, 5.41) is 2.97. The molecule has 0 spiro atoms. The van der Waals surface area contributed by atoms with Crippen molar-refractivity contribution in [1.82, 2.24) is 5.32 Å². The van der Waals surface area contributed by atoms with Crippen molar-refractivity contribution in [2.24, 2.45) is 0 Å². The van der Waals surface area contributed by atoms with E-state index in [9.17, 15) is 9.59 Å². The minimum Gasteiger partial charge on any atom is -0.490 e. The van der Waals surface area contributed by atoms with Crippen molar-refractivity contribution >= 4 is 11.9 Å². The van der Waals surface area contributed by atoms with Gasteiger partial charge in [0.1, 0.15) is 18.5 Å². The third-order valence-electron chi connectivity index (χ3n) is 9.67. The van der Waals surface area contributed by atoms with Gasteiger partial charge in [-0.05, 0) is 75.1 Å². The zero-order valence-corrected chi connectivity index (χ0v) is 31.1. The number of ether oxygens (including phenoxy) is 3. The third kappa shape index (κ3) is 17.4. The minimum atomic E-state index is -0.312. The van der Waals surface area contributed by atoms with Crippen LogP contribution in [0.4, 0.5) is 0 Å². The van der Waals surface area contributed by atoms with Gasteiger partial charge in [-0.3, -0.25) is 9.59 Å². The molecule has 49 heavy (non-hydrogen) atoms. The monoisotopic (exact) mass is 675 g/mol. The molecule has 6 nitrogen and oxygen atoms in total. The molecule has 3 rings (SSSR count). The Balaban J connectivity index is 1.29. The van der Waals surface area contributed by atoms with Crippen LogP contribution in [0.15, 0.2) is 66.2 Å². The van der Waals surface area contributed by atoms with Crippen molar-refractivity contribution in [3.05, 3.63) is 77.4 Å². The summed E-state index contributed by atoms with van der Waals surface area (Å²) >= 11 is 0. The van der Waals surface area contributed by atoms with Gasteiger partial charge in [-0.2, -0.15) is 0 Å². The Bertz CT molecular complexity index is 1220. The molecule has 0 aliphatic carbocycles. The number of epoxide rings is 1. The number of nitrogens with one attached hydrogen (secondary N) is 1. The second-order valence-electron chi connectivity index (χ2n) is 14.4. The minimum absolute atomic E-state index is 0.0615. The fourth-order valence-corrected chi connectivity index (χ4v) is 6.21. The Labute approximate surface area is 297 Å². The fourth-order valence-electron chi connectivity index (χ4n) is 6.21. The van der Waals surface area contributed by atoms with E-state index in [-0.39, 0.29) is 29.7 Å². The number of carbonyl (C=O) groups excluding carboxylic acids is 2. The molecule has 0 bridgehead atoms. The topological polar surface area (TPSA) is 77.2 Å². The van der Waals surface area contributed by atoms with Gasteiger partial charge in [-0.25, -0.2) is 0 Å². The lowest BCUT2D eigenvalue weighted by atomic mass is 10.0. The van der Waals surface area contributed by atoms with Crippen LogP contribution in [0.25, 0.3) is 0 Å². The van der Waals surface area contributed by atoms with Gasteiger partial charge in [0.25, 0.3) is 5.91 Å². The molecule has 272 valence electrons. The summed E-state index contributed by atoms with van der Waals surface area (Å²) in [5.41, 5.74) is 2.62. The van der Waals surface area contributed by atoms with E-state index in [2.05, 4.69) is 26.1 Å². The Kier molecular flexibility index (Phi) is 19.2. The number of hydrogen-bond acceptors (Lipinski definition) is 5. The zero-order valence-electron chi connectivity index (χ0n) is 31.1. The van der Waals surface area contributed by atoms with Crippen molar-refractivity contribution < 1.29 is 23.8 Å². The van der Waals surface area contributed by atoms with E-state index in [1.165, 1.54) is 83.5 Å². The highest BCUT2D eigenvalue weighted by Crippen LogP contribution is 2.39. The summed E-state index contributed by atoms with van der Waals surface area (Å²) in [6, 6.07) is 17.2. The molecule has 2 aromatic rings. The van der Waals surface area contributed by atoms with Crippen LogP contribution in [0.1, 0.15) is 153 Å². The lowest BCUT2D eigenvalue weighted by Crippen LogP contribution is -2.25. The quantitative estimate of drug-likeness (QED) is 0.0441. The lowest BCUT2D eigenvalue weighted by molar-refractivity contribution is -0.147. The van der Waals surface area contributed by atoms with Crippen molar-refractivity contribution in [3.8, 4) is 5.75 Å². The molecular weight excluding hydrogens is 610 g/mol. The molecule has 0 aromatic heterocycles. The number of unbranched alkanes of at least 4 members (excludes halogenated alkanes) is 14. The maximum absolute atomic E-state index is 12.8. The van der Waals surface area contributed by atoms with Crippen LogP contribution in [0.5, 0.6) is 5.75 Å². The Morgan fingerprint density at radius 2 is 1.37 bits per heavy atom. The smallest absolute Gasteiger partial charge is 0.306 e. The van der Waals surface area contributed by atoms with E-state index in [1.54, 1.807) is 0 Å². The van der Waals surface area contributed by atoms with E-state index in [4.69, 9.17) is 14.2 Å². The number of esters is 1. The van der Waals surface area contributed by atoms with Gasteiger partial charge in [0, 0.05) is 24.9 Å². The van der Waals surface area contributed by atoms with Gasteiger partial charge in [-0.15, -0.1) is 0 Å². The molecule has 1 heterocycles. The van der Waals surface area contributed by atoms with Crippen LogP contribution < -0.4 is 10.1 Å². The van der Waals surface area contributed by atoms with Crippen LogP contribution in [-0.2, 0) is 20.7 Å². The van der Waals surface area contributed by atoms with E-state index >= 15 is 0 Å². The average Bonchev–Trinajstić information content (AvgIpc) is 3.71. The maximum atomic E-state index is 12.8. The van der Waals surface area contributed by atoms with Crippen molar-refractivity contribution in [1.29, 1.82) is 0 Å². The first-order chi connectivity index (χ1) is 23.8. The molecule has 2 aromatic carbocycles. The van der Waals surface area contributed by atoms with E-state index in [1.807, 2.05) is 67.6 Å². The first kappa shape index (κ1) is 40.3. The van der Waals surface area contributed by atoms with E-state index < -0.39 is 0 Å². The standard InChI is InChI=1S/C43H65NO5/c1-5-6-7-8-9-10-11-12-13-14-15-16-17-18-22-25-41(45)48-39(34-40-43(3,4)49-40)35(2)31-33-47-38-28-26-36(27-29-38)30-32-44-42(46)37-23-20-19-21-24-37/h19-21,23-24,26-29,31,39-40H,5-18,22,25,30,32-34H2,1-4H3,(H,44,46)/b35-31-/t39-,40+/m0/s1. The maximum Gasteiger partial charge on any atom is 0.306 e. The summed E-state index contributed by atoms with van der Waals surface area (Å²) in [4.78, 5) is 25.1. The molecule has 1 saturated heterocycles. The summed E-state index contributed by atoms with van der Waals surface area (Å²) < 4.78 is 17.8. The molecule has 6 heteroatoms. The molecule has 2 atom stereocenters. The molecule has 0 unspecified atom stereocenters. The molecule has 1 aliphatic rings. The highest BCUT2D eigenvalue weighted by molar-refractivity contribution is 5.94. The van der Waals surface area contributed by atoms with E-state index in [0.717, 1.165) is 36.1 Å². The number of carbonyl (C=O) groups is 2. The van der Waals surface area contributed by atoms with Crippen LogP contribution in [0.3, 0.4) is 0 Å². The highest BCUT2D eigenvalue weighted by atomic mass is 16.6. The summed E-state index contributed by atoms with van der Waals surface area (Å²) in [7, 11) is 0. The average molecular weight is 676 g/mol. The molecule has 1 N–H and O–H groups in total. The Hall–Kier alpha value is -3.12. The summed E-state index contributed by atoms with van der Waals surface area (Å²) in [6.45, 7) is 9.40. The van der Waals surface area contributed by atoms with Crippen LogP contribution >= 0.6 is 0 Å². The highest BCUT2D eigenvalue weighted by Gasteiger charge is 2.49. The number of rotatable bonds is 27. The number of amides is 1. The SMILES string of the molecule is CCCCCCCCCCCCCCCCCC(=O)O[C@@H](C[C@H]1OC1(C)C)/C(C)=C\COc1ccc(CCNC(=O)c2ccccc2)cc1. The predicted molar refractivity (Wildman–Crippen MR) is 201 cm³/mol. The Morgan fingerprint density at radius 1 is 0.816 bits per heavy atom. The predicted octanol–water partition coefficient (Wildman–Crippen LogP) is 10.7. The van der Waals surface area contributed by atoms with Gasteiger partial charge in [0.05, 0.1) is 11.7 Å². The fraction of sp³-hybridized carbons (Fsp3) is 0.628. The zero-order chi connectivity index (χ0) is 35.2. The molecule has 1 fully saturated rings. The van der Waals surface area contributed by atoms with Crippen LogP contribution in [-0.4, -0.2) is 42.8 Å². The van der Waals surface area contributed by atoms with Gasteiger partial charge in [-0.1, -0.05) is 127 Å². The van der Waals surface area contributed by atoms with Gasteiger partial charge in [0.15, 0.2) is 0 Å². The number of benzene rings is 2. The molecule has 0 saturated carbocycles. The van der Waals surface area contributed by atoms with Crippen LogP contribution in [0.2, 0.25) is 0 Å². The van der Waals surface area contributed by atoms with Crippen LogP contribution in [0, 0.1) is 0 Å². The molecule has 1 amide bonds. The van der Waals surface area contributed by atoms with Crippen molar-refractivity contribution in [2.75, 3.05) is 13.2 Å². The van der Waals surface area contributed by atoms with Gasteiger partial charge in [0.2, 0.25) is 0 Å². The van der Waals surface area contributed by atoms with Gasteiger partial charge < -0.3 is 19.5 Å². The summed E-state index contributed by atoms with van der Waals surface area (Å²) in [6.07, 6.45) is 23.3. The lowest BCUT2D eigenvalue weighted by Gasteiger charge is -2.19. The first-order valence-corrected chi connectivity index (χ1v) is 19.4. The number of hydrogen-bond donors (Lipinski definition) is 1. The first-order valence-electron chi connectivity index (χ1n) is 19.4. The Morgan fingerprint density at radius 3 is 1.92 bits per heavy atom. The molecular formula is C43H65NO5. The third-order valence-corrected chi connectivity index (χ3v) is 9.67. The molecule has 0 radical (unpaired) electrons. The van der Waals surface area contributed by atoms with Crippen molar-refractivity contribution in [2.45, 2.75) is 161 Å². The van der Waals surface area contributed by atoms with E-state index in [0.29, 0.717) is 31.6 Å². The van der Waals surface area contributed by atoms with Gasteiger partial charge >= 0.3 is 5.97 Å². The molecule has 1 aliphatic heterocycles. The normalized spacial score (nSPS) is 15.8. The largest absolute Gasteiger partial charge is 0.490 e. The second kappa shape index (κ2) is 23.3. The van der Waals surface area contributed by atoms with Crippen molar-refractivity contribution in [3.63, 3.8) is 0 Å². The summed E-state index contributed by atoms with van der Waals surface area (Å²) in [5.74, 6) is 0.588.